The second kappa shape index (κ2) is 7.09. The van der Waals surface area contributed by atoms with Gasteiger partial charge in [-0.25, -0.2) is 4.98 Å². The maximum absolute atomic E-state index is 9.36. The maximum atomic E-state index is 9.36. The van der Waals surface area contributed by atoms with Gasteiger partial charge in [0.15, 0.2) is 0 Å². The molecule has 30 heavy (non-hydrogen) atoms. The Labute approximate surface area is 174 Å². The SMILES string of the molecule is N#CCC1(Cn2cc(-c3ccc(C#N)nc3-c3ccc4cccnc4c3)cn2)CC1. The Morgan fingerprint density at radius 1 is 1.07 bits per heavy atom. The van der Waals surface area contributed by atoms with Crippen LogP contribution in [0.3, 0.4) is 0 Å². The lowest BCUT2D eigenvalue weighted by atomic mass is 10.00. The molecule has 1 fully saturated rings. The number of hydrogen-bond donors (Lipinski definition) is 0. The van der Waals surface area contributed by atoms with Crippen molar-refractivity contribution in [3.63, 3.8) is 0 Å². The first-order chi connectivity index (χ1) is 14.7. The molecule has 0 atom stereocenters. The molecule has 4 aromatic rings. The molecule has 0 saturated heterocycles. The monoisotopic (exact) mass is 390 g/mol. The minimum Gasteiger partial charge on any atom is -0.272 e. The van der Waals surface area contributed by atoms with Crippen molar-refractivity contribution < 1.29 is 0 Å². The summed E-state index contributed by atoms with van der Waals surface area (Å²) in [6.45, 7) is 0.749. The number of benzene rings is 1. The van der Waals surface area contributed by atoms with Crippen molar-refractivity contribution in [2.75, 3.05) is 0 Å². The highest BCUT2D eigenvalue weighted by atomic mass is 15.3. The van der Waals surface area contributed by atoms with Crippen molar-refractivity contribution in [2.45, 2.75) is 25.8 Å². The molecule has 1 saturated carbocycles. The molecule has 6 heteroatoms. The highest BCUT2D eigenvalue weighted by Gasteiger charge is 2.43. The topological polar surface area (TPSA) is 91.2 Å². The van der Waals surface area contributed by atoms with Crippen LogP contribution in [0, 0.1) is 28.1 Å². The fourth-order valence-electron chi connectivity index (χ4n) is 3.86. The molecule has 1 aliphatic carbocycles. The molecule has 1 aliphatic rings. The quantitative estimate of drug-likeness (QED) is 0.491. The Morgan fingerprint density at radius 2 is 1.97 bits per heavy atom. The van der Waals surface area contributed by atoms with Gasteiger partial charge in [0.05, 0.1) is 23.5 Å². The largest absolute Gasteiger partial charge is 0.272 e. The molecule has 144 valence electrons. The lowest BCUT2D eigenvalue weighted by Crippen LogP contribution is -2.11. The third-order valence-corrected chi connectivity index (χ3v) is 5.74. The molecule has 0 unspecified atom stereocenters. The molecule has 0 spiro atoms. The summed E-state index contributed by atoms with van der Waals surface area (Å²) < 4.78 is 1.92. The van der Waals surface area contributed by atoms with E-state index >= 15 is 0 Å². The zero-order valence-electron chi connectivity index (χ0n) is 16.3. The summed E-state index contributed by atoms with van der Waals surface area (Å²) in [5, 5.41) is 24.0. The Balaban J connectivity index is 1.56. The summed E-state index contributed by atoms with van der Waals surface area (Å²) in [6, 6.07) is 18.0. The lowest BCUT2D eigenvalue weighted by molar-refractivity contribution is 0.405. The fourth-order valence-corrected chi connectivity index (χ4v) is 3.86. The van der Waals surface area contributed by atoms with E-state index in [0.29, 0.717) is 12.1 Å². The van der Waals surface area contributed by atoms with Gasteiger partial charge in [-0.15, -0.1) is 0 Å². The number of nitriles is 2. The number of fused-ring (bicyclic) bond motifs is 1. The minimum atomic E-state index is 0.0772. The Hall–Kier alpha value is -4.03. The molecule has 0 bridgehead atoms. The van der Waals surface area contributed by atoms with Gasteiger partial charge in [-0.2, -0.15) is 15.6 Å². The predicted octanol–water partition coefficient (Wildman–Crippen LogP) is 4.73. The zero-order valence-corrected chi connectivity index (χ0v) is 16.3. The normalized spacial score (nSPS) is 14.2. The van der Waals surface area contributed by atoms with Crippen molar-refractivity contribution >= 4 is 10.9 Å². The van der Waals surface area contributed by atoms with Gasteiger partial charge in [0.1, 0.15) is 11.8 Å². The van der Waals surface area contributed by atoms with Crippen LogP contribution in [0.1, 0.15) is 25.0 Å². The second-order valence-electron chi connectivity index (χ2n) is 7.88. The van der Waals surface area contributed by atoms with Gasteiger partial charge >= 0.3 is 0 Å². The molecule has 3 heterocycles. The van der Waals surface area contributed by atoms with Crippen LogP contribution in [0.4, 0.5) is 0 Å². The number of aromatic nitrogens is 4. The van der Waals surface area contributed by atoms with Crippen LogP contribution in [0.15, 0.2) is 61.1 Å². The predicted molar refractivity (Wildman–Crippen MR) is 113 cm³/mol. The van der Waals surface area contributed by atoms with Crippen LogP contribution in [-0.4, -0.2) is 19.7 Å². The third-order valence-electron chi connectivity index (χ3n) is 5.74. The Bertz CT molecular complexity index is 1330. The summed E-state index contributed by atoms with van der Waals surface area (Å²) >= 11 is 0. The fraction of sp³-hybridized carbons (Fsp3) is 0.208. The van der Waals surface area contributed by atoms with E-state index in [1.54, 1.807) is 12.3 Å². The van der Waals surface area contributed by atoms with Crippen LogP contribution >= 0.6 is 0 Å². The summed E-state index contributed by atoms with van der Waals surface area (Å²) in [4.78, 5) is 9.05. The average Bonchev–Trinajstić information content (AvgIpc) is 3.38. The van der Waals surface area contributed by atoms with Crippen LogP contribution < -0.4 is 0 Å². The van der Waals surface area contributed by atoms with Gasteiger partial charge in [-0.05, 0) is 37.1 Å². The number of nitrogens with zero attached hydrogens (tertiary/aromatic N) is 6. The standard InChI is InChI=1S/C24H18N6/c25-10-9-24(7-8-24)16-30-15-19(14-28-30)21-6-5-20(13-26)29-23(21)18-4-3-17-2-1-11-27-22(17)12-18/h1-6,11-12,14-15H,7-9,16H2. The van der Waals surface area contributed by atoms with Gasteiger partial charge in [0.2, 0.25) is 0 Å². The van der Waals surface area contributed by atoms with Crippen LogP contribution in [0.5, 0.6) is 0 Å². The molecule has 5 rings (SSSR count). The maximum Gasteiger partial charge on any atom is 0.141 e. The summed E-state index contributed by atoms with van der Waals surface area (Å²) in [5.41, 5.74) is 4.83. The first-order valence-corrected chi connectivity index (χ1v) is 9.86. The molecule has 0 amide bonds. The van der Waals surface area contributed by atoms with Crippen LogP contribution in [-0.2, 0) is 6.54 Å². The molecular formula is C24H18N6. The summed E-state index contributed by atoms with van der Waals surface area (Å²) in [7, 11) is 0. The second-order valence-corrected chi connectivity index (χ2v) is 7.88. The minimum absolute atomic E-state index is 0.0772. The molecule has 0 aliphatic heterocycles. The van der Waals surface area contributed by atoms with Crippen LogP contribution in [0.25, 0.3) is 33.3 Å². The van der Waals surface area contributed by atoms with Crippen LogP contribution in [0.2, 0.25) is 0 Å². The van der Waals surface area contributed by atoms with E-state index in [1.807, 2.05) is 53.5 Å². The van der Waals surface area contributed by atoms with E-state index in [2.05, 4.69) is 27.2 Å². The Kier molecular flexibility index (Phi) is 4.26. The van der Waals surface area contributed by atoms with E-state index < -0.39 is 0 Å². The van der Waals surface area contributed by atoms with Gasteiger partial charge in [0, 0.05) is 52.9 Å². The average molecular weight is 390 g/mol. The van der Waals surface area contributed by atoms with Crippen molar-refractivity contribution in [1.29, 1.82) is 10.5 Å². The van der Waals surface area contributed by atoms with E-state index in [0.717, 1.165) is 52.7 Å². The smallest absolute Gasteiger partial charge is 0.141 e. The first-order valence-electron chi connectivity index (χ1n) is 9.86. The van der Waals surface area contributed by atoms with Crippen molar-refractivity contribution in [3.8, 4) is 34.5 Å². The molecule has 0 radical (unpaired) electrons. The summed E-state index contributed by atoms with van der Waals surface area (Å²) in [5.74, 6) is 0. The van der Waals surface area contributed by atoms with Gasteiger partial charge in [0.25, 0.3) is 0 Å². The van der Waals surface area contributed by atoms with E-state index in [4.69, 9.17) is 5.26 Å². The number of pyridine rings is 2. The molecule has 0 N–H and O–H groups in total. The lowest BCUT2D eigenvalue weighted by Gasteiger charge is -2.11. The van der Waals surface area contributed by atoms with Crippen molar-refractivity contribution in [1.82, 2.24) is 19.7 Å². The number of hydrogen-bond acceptors (Lipinski definition) is 5. The molecular weight excluding hydrogens is 372 g/mol. The van der Waals surface area contributed by atoms with E-state index in [-0.39, 0.29) is 5.41 Å². The summed E-state index contributed by atoms with van der Waals surface area (Å²) in [6.07, 6.45) is 8.31. The van der Waals surface area contributed by atoms with Gasteiger partial charge in [-0.1, -0.05) is 18.2 Å². The highest BCUT2D eigenvalue weighted by Crippen LogP contribution is 2.50. The highest BCUT2D eigenvalue weighted by molar-refractivity contribution is 5.87. The third kappa shape index (κ3) is 3.29. The van der Waals surface area contributed by atoms with E-state index in [9.17, 15) is 5.26 Å². The first kappa shape index (κ1) is 18.0. The van der Waals surface area contributed by atoms with Gasteiger partial charge in [-0.3, -0.25) is 9.67 Å². The zero-order chi connectivity index (χ0) is 20.6. The number of rotatable bonds is 5. The van der Waals surface area contributed by atoms with Gasteiger partial charge < -0.3 is 0 Å². The van der Waals surface area contributed by atoms with E-state index in [1.165, 1.54) is 0 Å². The van der Waals surface area contributed by atoms with Crippen molar-refractivity contribution in [2.24, 2.45) is 5.41 Å². The molecule has 1 aromatic carbocycles. The molecule has 3 aromatic heterocycles. The molecule has 6 nitrogen and oxygen atoms in total. The Morgan fingerprint density at radius 3 is 2.77 bits per heavy atom. The van der Waals surface area contributed by atoms with Crippen molar-refractivity contribution in [3.05, 3.63) is 66.7 Å².